The van der Waals surface area contributed by atoms with Crippen molar-refractivity contribution in [3.8, 4) is 0 Å². The third-order valence-electron chi connectivity index (χ3n) is 3.32. The van der Waals surface area contributed by atoms with Gasteiger partial charge in [0.2, 0.25) is 0 Å². The van der Waals surface area contributed by atoms with Crippen LogP contribution in [0.3, 0.4) is 0 Å². The molecule has 0 amide bonds. The third kappa shape index (κ3) is 2.84. The Kier molecular flexibility index (Phi) is 3.71. The Labute approximate surface area is 113 Å². The molecular formula is C13H21N5O. The summed E-state index contributed by atoms with van der Waals surface area (Å²) in [6.07, 6.45) is 2.71. The second-order valence-corrected chi connectivity index (χ2v) is 5.15. The highest BCUT2D eigenvalue weighted by molar-refractivity contribution is 5.86. The van der Waals surface area contributed by atoms with Crippen LogP contribution in [0.5, 0.6) is 0 Å². The Hall–Kier alpha value is -1.69. The lowest BCUT2D eigenvalue weighted by Gasteiger charge is -2.22. The van der Waals surface area contributed by atoms with Crippen LogP contribution >= 0.6 is 0 Å². The maximum absolute atomic E-state index is 5.85. The van der Waals surface area contributed by atoms with E-state index >= 15 is 0 Å². The zero-order valence-corrected chi connectivity index (χ0v) is 12.2. The molecule has 2 rings (SSSR count). The Morgan fingerprint density at radius 2 is 2.11 bits per heavy atom. The lowest BCUT2D eigenvalue weighted by atomic mass is 10.1. The summed E-state index contributed by atoms with van der Waals surface area (Å²) >= 11 is 0. The van der Waals surface area contributed by atoms with Gasteiger partial charge in [0.1, 0.15) is 12.4 Å². The number of fused-ring (bicyclic) bond motifs is 1. The number of nitrogens with one attached hydrogen (secondary N) is 1. The first kappa shape index (κ1) is 13.7. The van der Waals surface area contributed by atoms with Gasteiger partial charge in [-0.1, -0.05) is 6.92 Å². The molecule has 2 aromatic rings. The number of hydrogen-bond acceptors (Lipinski definition) is 5. The minimum absolute atomic E-state index is 0.162. The lowest BCUT2D eigenvalue weighted by Crippen LogP contribution is -2.23. The predicted octanol–water partition coefficient (Wildman–Crippen LogP) is 2.11. The second kappa shape index (κ2) is 5.13. The molecule has 0 saturated heterocycles. The monoisotopic (exact) mass is 263 g/mol. The zero-order chi connectivity index (χ0) is 14.0. The maximum atomic E-state index is 5.85. The summed E-state index contributed by atoms with van der Waals surface area (Å²) in [5.74, 6) is 1.45. The van der Waals surface area contributed by atoms with Crippen molar-refractivity contribution in [1.29, 1.82) is 0 Å². The Bertz CT molecular complexity index is 576. The molecule has 0 aliphatic carbocycles. The molecule has 0 unspecified atom stereocenters. The minimum Gasteiger partial charge on any atom is -0.372 e. The van der Waals surface area contributed by atoms with Crippen LogP contribution in [0.2, 0.25) is 0 Å². The fourth-order valence-electron chi connectivity index (χ4n) is 1.68. The average Bonchev–Trinajstić information content (AvgIpc) is 2.78. The Balaban J connectivity index is 2.31. The molecule has 6 nitrogen and oxygen atoms in total. The van der Waals surface area contributed by atoms with Crippen molar-refractivity contribution in [2.75, 3.05) is 12.4 Å². The van der Waals surface area contributed by atoms with Gasteiger partial charge in [-0.2, -0.15) is 5.10 Å². The molecule has 0 atom stereocenters. The van der Waals surface area contributed by atoms with Gasteiger partial charge in [0.25, 0.3) is 0 Å². The zero-order valence-electron chi connectivity index (χ0n) is 12.2. The van der Waals surface area contributed by atoms with Crippen molar-refractivity contribution in [2.24, 2.45) is 7.05 Å². The van der Waals surface area contributed by atoms with Gasteiger partial charge in [-0.3, -0.25) is 4.68 Å². The lowest BCUT2D eigenvalue weighted by molar-refractivity contribution is -0.0344. The molecular weight excluding hydrogens is 242 g/mol. The van der Waals surface area contributed by atoms with E-state index in [0.29, 0.717) is 12.4 Å². The van der Waals surface area contributed by atoms with Crippen LogP contribution in [-0.4, -0.2) is 32.4 Å². The summed E-state index contributed by atoms with van der Waals surface area (Å²) in [6.45, 7) is 6.63. The van der Waals surface area contributed by atoms with Gasteiger partial charge in [-0.25, -0.2) is 9.97 Å². The molecule has 2 aromatic heterocycles. The number of nitrogens with zero attached hydrogens (tertiary/aromatic N) is 4. The van der Waals surface area contributed by atoms with Gasteiger partial charge >= 0.3 is 0 Å². The third-order valence-corrected chi connectivity index (χ3v) is 3.32. The van der Waals surface area contributed by atoms with Crippen molar-refractivity contribution >= 4 is 16.9 Å². The molecule has 0 fully saturated rings. The molecule has 0 aliphatic heterocycles. The van der Waals surface area contributed by atoms with Crippen LogP contribution < -0.4 is 5.32 Å². The number of hydrogen-bond donors (Lipinski definition) is 1. The topological polar surface area (TPSA) is 64.9 Å². The fraction of sp³-hybridized carbons (Fsp3) is 0.615. The predicted molar refractivity (Wildman–Crippen MR) is 75.0 cm³/mol. The molecule has 0 saturated carbocycles. The molecule has 0 aliphatic rings. The molecule has 0 bridgehead atoms. The van der Waals surface area contributed by atoms with Crippen LogP contribution in [0, 0.1) is 0 Å². The number of aromatic nitrogens is 4. The SMILES string of the molecule is CCC(C)(C)OCc1nc(NC)c2cnn(C)c2n1. The van der Waals surface area contributed by atoms with Crippen molar-refractivity contribution in [1.82, 2.24) is 19.7 Å². The van der Waals surface area contributed by atoms with Crippen molar-refractivity contribution < 1.29 is 4.74 Å². The summed E-state index contributed by atoms with van der Waals surface area (Å²) in [5.41, 5.74) is 0.650. The minimum atomic E-state index is -0.162. The van der Waals surface area contributed by atoms with E-state index in [-0.39, 0.29) is 5.60 Å². The van der Waals surface area contributed by atoms with Gasteiger partial charge < -0.3 is 10.1 Å². The summed E-state index contributed by atoms with van der Waals surface area (Å²) in [7, 11) is 3.71. The number of ether oxygens (including phenoxy) is 1. The first-order valence-corrected chi connectivity index (χ1v) is 6.47. The summed E-state index contributed by atoms with van der Waals surface area (Å²) in [5, 5.41) is 8.20. The van der Waals surface area contributed by atoms with E-state index in [1.54, 1.807) is 10.9 Å². The van der Waals surface area contributed by atoms with Gasteiger partial charge in [0.15, 0.2) is 11.5 Å². The fourth-order valence-corrected chi connectivity index (χ4v) is 1.68. The highest BCUT2D eigenvalue weighted by Crippen LogP contribution is 2.21. The number of rotatable bonds is 5. The molecule has 0 spiro atoms. The summed E-state index contributed by atoms with van der Waals surface area (Å²) in [4.78, 5) is 8.97. The maximum Gasteiger partial charge on any atom is 0.163 e. The first-order chi connectivity index (χ1) is 8.96. The molecule has 6 heteroatoms. The number of anilines is 1. The van der Waals surface area contributed by atoms with E-state index in [2.05, 4.69) is 41.2 Å². The van der Waals surface area contributed by atoms with Crippen molar-refractivity contribution in [2.45, 2.75) is 39.4 Å². The van der Waals surface area contributed by atoms with E-state index in [4.69, 9.17) is 4.74 Å². The molecule has 0 radical (unpaired) electrons. The van der Waals surface area contributed by atoms with Crippen LogP contribution in [0.25, 0.3) is 11.0 Å². The van der Waals surface area contributed by atoms with Crippen LogP contribution in [-0.2, 0) is 18.4 Å². The Morgan fingerprint density at radius 1 is 1.37 bits per heavy atom. The van der Waals surface area contributed by atoms with Crippen LogP contribution in [0.4, 0.5) is 5.82 Å². The van der Waals surface area contributed by atoms with E-state index in [1.165, 1.54) is 0 Å². The normalized spacial score (nSPS) is 12.1. The first-order valence-electron chi connectivity index (χ1n) is 6.47. The Morgan fingerprint density at radius 3 is 2.74 bits per heavy atom. The largest absolute Gasteiger partial charge is 0.372 e. The van der Waals surface area contributed by atoms with E-state index in [9.17, 15) is 0 Å². The van der Waals surface area contributed by atoms with Gasteiger partial charge in [0.05, 0.1) is 17.2 Å². The van der Waals surface area contributed by atoms with Crippen molar-refractivity contribution in [3.63, 3.8) is 0 Å². The van der Waals surface area contributed by atoms with Crippen LogP contribution in [0.1, 0.15) is 33.0 Å². The van der Waals surface area contributed by atoms with Gasteiger partial charge in [-0.15, -0.1) is 0 Å². The molecule has 104 valence electrons. The van der Waals surface area contributed by atoms with Crippen LogP contribution in [0.15, 0.2) is 6.20 Å². The van der Waals surface area contributed by atoms with Gasteiger partial charge in [0, 0.05) is 14.1 Å². The molecule has 1 N–H and O–H groups in total. The van der Waals surface area contributed by atoms with Crippen molar-refractivity contribution in [3.05, 3.63) is 12.0 Å². The van der Waals surface area contributed by atoms with E-state index in [1.807, 2.05) is 14.1 Å². The van der Waals surface area contributed by atoms with Gasteiger partial charge in [-0.05, 0) is 20.3 Å². The highest BCUT2D eigenvalue weighted by atomic mass is 16.5. The summed E-state index contributed by atoms with van der Waals surface area (Å²) in [6, 6.07) is 0. The standard InChI is InChI=1S/C13H21N5O/c1-6-13(2,3)19-8-10-16-11(14-4)9-7-15-18(5)12(9)17-10/h7H,6,8H2,1-5H3,(H,14,16,17). The molecule has 2 heterocycles. The van der Waals surface area contributed by atoms with E-state index in [0.717, 1.165) is 23.3 Å². The molecule has 19 heavy (non-hydrogen) atoms. The smallest absolute Gasteiger partial charge is 0.163 e. The average molecular weight is 263 g/mol. The van der Waals surface area contributed by atoms with E-state index < -0.39 is 0 Å². The quantitative estimate of drug-likeness (QED) is 0.895. The summed E-state index contributed by atoms with van der Waals surface area (Å²) < 4.78 is 7.59. The highest BCUT2D eigenvalue weighted by Gasteiger charge is 2.17. The molecule has 0 aromatic carbocycles. The number of aryl methyl sites for hydroxylation is 1. The second-order valence-electron chi connectivity index (χ2n) is 5.15.